The molecular weight excluding hydrogens is 388 g/mol. The van der Waals surface area contributed by atoms with E-state index in [1.165, 1.54) is 11.3 Å². The Morgan fingerprint density at radius 3 is 2.79 bits per heavy atom. The van der Waals surface area contributed by atoms with E-state index in [-0.39, 0.29) is 11.6 Å². The first kappa shape index (κ1) is 21.0. The zero-order valence-corrected chi connectivity index (χ0v) is 17.2. The Hall–Kier alpha value is -2.75. The third-order valence-corrected chi connectivity index (χ3v) is 5.28. The monoisotopic (exact) mass is 414 g/mol. The van der Waals surface area contributed by atoms with Crippen LogP contribution in [0.15, 0.2) is 42.7 Å². The number of carbonyl (C=O) groups excluding carboxylic acids is 1. The van der Waals surface area contributed by atoms with Crippen molar-refractivity contribution in [1.29, 1.82) is 0 Å². The quantitative estimate of drug-likeness (QED) is 0.606. The fraction of sp³-hybridized carbons (Fsp3) is 0.350. The molecule has 4 rings (SSSR count). The van der Waals surface area contributed by atoms with E-state index in [0.29, 0.717) is 16.7 Å². The lowest BCUT2D eigenvalue weighted by molar-refractivity contribution is 0.102. The average molecular weight is 415 g/mol. The first-order chi connectivity index (χ1) is 14.0. The van der Waals surface area contributed by atoms with Crippen LogP contribution in [0, 0.1) is 0 Å². The predicted molar refractivity (Wildman–Crippen MR) is 116 cm³/mol. The molecule has 1 saturated heterocycles. The molecule has 9 heteroatoms. The smallest absolute Gasteiger partial charge is 0.277 e. The molecule has 5 N–H and O–H groups in total. The van der Waals surface area contributed by atoms with Crippen molar-refractivity contribution in [3.05, 3.63) is 48.4 Å². The molecule has 1 aromatic carbocycles. The number of amides is 1. The van der Waals surface area contributed by atoms with E-state index in [9.17, 15) is 4.79 Å². The number of anilines is 2. The summed E-state index contributed by atoms with van der Waals surface area (Å²) in [5, 5.41) is 7.84. The number of hydrogen-bond acceptors (Lipinski definition) is 7. The van der Waals surface area contributed by atoms with Crippen LogP contribution in [0.4, 0.5) is 10.7 Å². The number of thiazole rings is 1. The van der Waals surface area contributed by atoms with Gasteiger partial charge in [0, 0.05) is 38.1 Å². The van der Waals surface area contributed by atoms with Gasteiger partial charge in [-0.3, -0.25) is 9.48 Å². The summed E-state index contributed by atoms with van der Waals surface area (Å²) in [6.07, 6.45) is 6.60. The molecule has 1 fully saturated rings. The highest BCUT2D eigenvalue weighted by molar-refractivity contribution is 7.19. The van der Waals surface area contributed by atoms with Gasteiger partial charge in [-0.25, -0.2) is 4.98 Å². The van der Waals surface area contributed by atoms with Crippen molar-refractivity contribution in [3.8, 4) is 10.6 Å². The molecule has 0 radical (unpaired) electrons. The number of nitrogen functional groups attached to an aromatic ring is 1. The van der Waals surface area contributed by atoms with Crippen LogP contribution in [0.3, 0.4) is 0 Å². The highest BCUT2D eigenvalue weighted by Crippen LogP contribution is 2.30. The number of benzene rings is 1. The van der Waals surface area contributed by atoms with Gasteiger partial charge in [0.25, 0.3) is 5.91 Å². The van der Waals surface area contributed by atoms with Crippen LogP contribution in [-0.4, -0.2) is 39.9 Å². The van der Waals surface area contributed by atoms with Crippen LogP contribution in [0.5, 0.6) is 0 Å². The van der Waals surface area contributed by atoms with Gasteiger partial charge in [0.05, 0.1) is 11.9 Å². The summed E-state index contributed by atoms with van der Waals surface area (Å²) >= 11 is 1.30. The number of rotatable bonds is 3. The molecule has 1 atom stereocenters. The van der Waals surface area contributed by atoms with Gasteiger partial charge in [0.15, 0.2) is 5.69 Å². The first-order valence-electron chi connectivity index (χ1n) is 9.48. The van der Waals surface area contributed by atoms with Crippen LogP contribution in [0.25, 0.3) is 10.6 Å². The maximum absolute atomic E-state index is 12.2. The molecular formula is C20H26N6O2S. The molecule has 2 aromatic heterocycles. The Labute approximate surface area is 173 Å². The lowest BCUT2D eigenvalue weighted by Gasteiger charge is -2.02. The minimum Gasteiger partial charge on any atom is -0.389 e. The van der Waals surface area contributed by atoms with Crippen molar-refractivity contribution in [2.45, 2.75) is 25.3 Å². The maximum atomic E-state index is 12.2. The van der Waals surface area contributed by atoms with Crippen LogP contribution in [-0.2, 0) is 11.8 Å². The van der Waals surface area contributed by atoms with Gasteiger partial charge in [-0.15, -0.1) is 0 Å². The highest BCUT2D eigenvalue weighted by Gasteiger charge is 2.17. The molecule has 29 heavy (non-hydrogen) atoms. The molecule has 1 unspecified atom stereocenters. The van der Waals surface area contributed by atoms with Gasteiger partial charge >= 0.3 is 0 Å². The molecule has 8 nitrogen and oxygen atoms in total. The fourth-order valence-corrected chi connectivity index (χ4v) is 3.64. The number of carbonyl (C=O) groups is 1. The predicted octanol–water partition coefficient (Wildman–Crippen LogP) is 2.89. The molecule has 0 saturated carbocycles. The van der Waals surface area contributed by atoms with Gasteiger partial charge in [0.2, 0.25) is 0 Å². The fourth-order valence-electron chi connectivity index (χ4n) is 2.80. The average Bonchev–Trinajstić information content (AvgIpc) is 3.22. The molecule has 1 aliphatic rings. The van der Waals surface area contributed by atoms with E-state index in [0.717, 1.165) is 43.0 Å². The van der Waals surface area contributed by atoms with Gasteiger partial charge in [0.1, 0.15) is 10.0 Å². The molecule has 0 spiro atoms. The van der Waals surface area contributed by atoms with E-state index in [2.05, 4.69) is 15.4 Å². The lowest BCUT2D eigenvalue weighted by atomic mass is 10.1. The van der Waals surface area contributed by atoms with E-state index in [4.69, 9.17) is 16.2 Å². The normalized spacial score (nSPS) is 16.4. The van der Waals surface area contributed by atoms with Crippen molar-refractivity contribution in [1.82, 2.24) is 14.8 Å². The number of hydrogen-bond donors (Lipinski definition) is 3. The molecule has 0 bridgehead atoms. The number of aryl methyl sites for hydroxylation is 1. The summed E-state index contributed by atoms with van der Waals surface area (Å²) in [6.45, 7) is 1.77. The van der Waals surface area contributed by atoms with Crippen LogP contribution in [0.1, 0.15) is 29.8 Å². The highest BCUT2D eigenvalue weighted by atomic mass is 32.1. The summed E-state index contributed by atoms with van der Waals surface area (Å²) in [5.41, 5.74) is 13.4. The summed E-state index contributed by atoms with van der Waals surface area (Å²) in [7, 11) is 1.78. The van der Waals surface area contributed by atoms with E-state index in [1.807, 2.05) is 30.3 Å². The zero-order chi connectivity index (χ0) is 20.6. The zero-order valence-electron chi connectivity index (χ0n) is 16.4. The molecule has 154 valence electrons. The molecule has 1 amide bonds. The van der Waals surface area contributed by atoms with Gasteiger partial charge in [-0.2, -0.15) is 5.10 Å². The lowest BCUT2D eigenvalue weighted by Crippen LogP contribution is -2.19. The van der Waals surface area contributed by atoms with E-state index >= 15 is 0 Å². The second-order valence-corrected chi connectivity index (χ2v) is 7.79. The van der Waals surface area contributed by atoms with Crippen molar-refractivity contribution in [2.75, 3.05) is 24.3 Å². The van der Waals surface area contributed by atoms with E-state index < -0.39 is 0 Å². The number of aromatic nitrogens is 3. The van der Waals surface area contributed by atoms with Crippen molar-refractivity contribution < 1.29 is 9.53 Å². The Balaban J connectivity index is 0.000000252. The largest absolute Gasteiger partial charge is 0.389 e. The van der Waals surface area contributed by atoms with Gasteiger partial charge in [-0.1, -0.05) is 41.7 Å². The topological polar surface area (TPSA) is 121 Å². The molecule has 3 heterocycles. The maximum Gasteiger partial charge on any atom is 0.277 e. The minimum absolute atomic E-state index is 0.239. The third kappa shape index (κ3) is 6.11. The van der Waals surface area contributed by atoms with E-state index in [1.54, 1.807) is 24.1 Å². The molecule has 3 aromatic rings. The van der Waals surface area contributed by atoms with Crippen LogP contribution < -0.4 is 16.8 Å². The van der Waals surface area contributed by atoms with Crippen molar-refractivity contribution >= 4 is 27.9 Å². The number of nitrogens with one attached hydrogen (secondary N) is 1. The van der Waals surface area contributed by atoms with Gasteiger partial charge < -0.3 is 21.5 Å². The first-order valence-corrected chi connectivity index (χ1v) is 10.3. The van der Waals surface area contributed by atoms with Crippen molar-refractivity contribution in [2.24, 2.45) is 12.8 Å². The summed E-state index contributed by atoms with van der Waals surface area (Å²) in [4.78, 5) is 16.5. The molecule has 1 aliphatic heterocycles. The Morgan fingerprint density at radius 1 is 1.28 bits per heavy atom. The number of nitrogens with two attached hydrogens (primary N) is 2. The van der Waals surface area contributed by atoms with Crippen molar-refractivity contribution in [3.63, 3.8) is 0 Å². The second-order valence-electron chi connectivity index (χ2n) is 6.76. The van der Waals surface area contributed by atoms with Gasteiger partial charge in [-0.05, 0) is 19.3 Å². The molecule has 0 aliphatic carbocycles. The number of ether oxygens (including phenoxy) is 1. The Morgan fingerprint density at radius 2 is 2.07 bits per heavy atom. The SMILES string of the molecule is Cn1cc(NC(=O)c2nc(-c3ccccc3)sc2N)cn1.NC1CCCOCC1. The Kier molecular flexibility index (Phi) is 7.34. The number of nitrogens with zero attached hydrogens (tertiary/aromatic N) is 3. The summed E-state index contributed by atoms with van der Waals surface area (Å²) in [5.74, 6) is -0.334. The summed E-state index contributed by atoms with van der Waals surface area (Å²) in [6, 6.07) is 10.0. The standard InChI is InChI=1S/C14H13N5OS.C6H13NO/c1-19-8-10(7-16-19)17-13(20)11-12(15)21-14(18-11)9-5-3-2-4-6-9;7-6-2-1-4-8-5-3-6/h2-8H,15H2,1H3,(H,17,20);6H,1-5,7H2. The second kappa shape index (κ2) is 10.1. The third-order valence-electron chi connectivity index (χ3n) is 4.35. The summed E-state index contributed by atoms with van der Waals surface area (Å²) < 4.78 is 6.79. The minimum atomic E-state index is -0.334. The Bertz CT molecular complexity index is 916. The van der Waals surface area contributed by atoms with Crippen LogP contribution in [0.2, 0.25) is 0 Å². The van der Waals surface area contributed by atoms with Crippen LogP contribution >= 0.6 is 11.3 Å².